The molecule has 5 heteroatoms. The Morgan fingerprint density at radius 1 is 1.33 bits per heavy atom. The number of nitrogens with zero attached hydrogens (tertiary/aromatic N) is 3. The summed E-state index contributed by atoms with van der Waals surface area (Å²) in [6.45, 7) is 2.08. The van der Waals surface area contributed by atoms with Crippen LogP contribution in [-0.2, 0) is 19.2 Å². The van der Waals surface area contributed by atoms with Gasteiger partial charge in [-0.05, 0) is 17.7 Å². The minimum atomic E-state index is 0.868. The zero-order valence-electron chi connectivity index (χ0n) is 10.9. The quantitative estimate of drug-likeness (QED) is 0.778. The van der Waals surface area contributed by atoms with Gasteiger partial charge < -0.3 is 9.30 Å². The van der Waals surface area contributed by atoms with Crippen LogP contribution in [0.1, 0.15) is 18.3 Å². The number of hydrogen-bond acceptors (Lipinski definition) is 4. The Morgan fingerprint density at radius 3 is 2.83 bits per heavy atom. The van der Waals surface area contributed by atoms with Crippen molar-refractivity contribution in [3.05, 3.63) is 35.7 Å². The van der Waals surface area contributed by atoms with Crippen molar-refractivity contribution >= 4 is 11.8 Å². The Hall–Kier alpha value is -1.49. The molecule has 1 aromatic carbocycles. The average Bonchev–Trinajstić information content (AvgIpc) is 2.77. The van der Waals surface area contributed by atoms with Crippen molar-refractivity contribution in [3.8, 4) is 5.75 Å². The van der Waals surface area contributed by atoms with Gasteiger partial charge in [-0.3, -0.25) is 0 Å². The van der Waals surface area contributed by atoms with Crippen molar-refractivity contribution in [2.45, 2.75) is 24.3 Å². The minimum absolute atomic E-state index is 0.868. The van der Waals surface area contributed by atoms with E-state index in [0.717, 1.165) is 28.9 Å². The Balaban J connectivity index is 2.04. The summed E-state index contributed by atoms with van der Waals surface area (Å²) in [6, 6.07) is 8.09. The largest absolute Gasteiger partial charge is 0.497 e. The topological polar surface area (TPSA) is 39.9 Å². The molecule has 4 nitrogen and oxygen atoms in total. The fourth-order valence-corrected chi connectivity index (χ4v) is 2.56. The Labute approximate surface area is 111 Å². The number of aromatic nitrogens is 3. The molecule has 0 saturated carbocycles. The van der Waals surface area contributed by atoms with Crippen molar-refractivity contribution in [2.75, 3.05) is 7.11 Å². The lowest BCUT2D eigenvalue weighted by atomic mass is 10.2. The number of aryl methyl sites for hydroxylation is 1. The number of rotatable bonds is 5. The summed E-state index contributed by atoms with van der Waals surface area (Å²) >= 11 is 1.69. The summed E-state index contributed by atoms with van der Waals surface area (Å²) in [6.07, 6.45) is 0.906. The standard InChI is InChI=1S/C13H17N3OS/c1-4-12-14-15-13(16(12)2)18-9-10-6-5-7-11(8-10)17-3/h5-8H,4,9H2,1-3H3. The van der Waals surface area contributed by atoms with Crippen molar-refractivity contribution < 1.29 is 4.74 Å². The first-order valence-electron chi connectivity index (χ1n) is 5.88. The van der Waals surface area contributed by atoms with E-state index in [0.29, 0.717) is 0 Å². The van der Waals surface area contributed by atoms with Crippen LogP contribution in [0.4, 0.5) is 0 Å². The van der Waals surface area contributed by atoms with E-state index in [-0.39, 0.29) is 0 Å². The van der Waals surface area contributed by atoms with Gasteiger partial charge in [-0.25, -0.2) is 0 Å². The van der Waals surface area contributed by atoms with E-state index in [4.69, 9.17) is 4.74 Å². The molecule has 0 bridgehead atoms. The maximum atomic E-state index is 5.21. The van der Waals surface area contributed by atoms with Crippen LogP contribution in [0.25, 0.3) is 0 Å². The second-order valence-electron chi connectivity index (χ2n) is 3.95. The summed E-state index contributed by atoms with van der Waals surface area (Å²) in [4.78, 5) is 0. The Morgan fingerprint density at radius 2 is 2.17 bits per heavy atom. The number of thioether (sulfide) groups is 1. The third kappa shape index (κ3) is 2.85. The van der Waals surface area contributed by atoms with Crippen LogP contribution in [0, 0.1) is 0 Å². The number of benzene rings is 1. The fraction of sp³-hybridized carbons (Fsp3) is 0.385. The van der Waals surface area contributed by atoms with E-state index in [1.54, 1.807) is 18.9 Å². The van der Waals surface area contributed by atoms with Crippen LogP contribution in [0.3, 0.4) is 0 Å². The molecule has 1 aromatic heterocycles. The maximum absolute atomic E-state index is 5.21. The summed E-state index contributed by atoms with van der Waals surface area (Å²) in [5, 5.41) is 9.29. The molecule has 0 aliphatic rings. The number of ether oxygens (including phenoxy) is 1. The second kappa shape index (κ2) is 5.91. The second-order valence-corrected chi connectivity index (χ2v) is 4.89. The molecule has 0 radical (unpaired) electrons. The van der Waals surface area contributed by atoms with Gasteiger partial charge in [-0.1, -0.05) is 30.8 Å². The summed E-state index contributed by atoms with van der Waals surface area (Å²) in [5.41, 5.74) is 1.22. The molecule has 96 valence electrons. The maximum Gasteiger partial charge on any atom is 0.191 e. The van der Waals surface area contributed by atoms with Crippen LogP contribution in [0.15, 0.2) is 29.4 Å². The van der Waals surface area contributed by atoms with Crippen LogP contribution in [0.5, 0.6) is 5.75 Å². The molecule has 0 atom stereocenters. The van der Waals surface area contributed by atoms with Crippen molar-refractivity contribution in [3.63, 3.8) is 0 Å². The number of hydrogen-bond donors (Lipinski definition) is 0. The molecular formula is C13H17N3OS. The lowest BCUT2D eigenvalue weighted by Crippen LogP contribution is -1.97. The predicted octanol–water partition coefficient (Wildman–Crippen LogP) is 2.68. The van der Waals surface area contributed by atoms with Gasteiger partial charge in [0.05, 0.1) is 7.11 Å². The molecule has 0 amide bonds. The molecule has 0 unspecified atom stereocenters. The van der Waals surface area contributed by atoms with Gasteiger partial charge in [0.2, 0.25) is 0 Å². The highest BCUT2D eigenvalue weighted by atomic mass is 32.2. The molecule has 18 heavy (non-hydrogen) atoms. The summed E-state index contributed by atoms with van der Waals surface area (Å²) in [5.74, 6) is 2.77. The van der Waals surface area contributed by atoms with Gasteiger partial charge in [0, 0.05) is 19.2 Å². The zero-order valence-corrected chi connectivity index (χ0v) is 11.7. The Bertz CT molecular complexity index is 525. The molecule has 0 N–H and O–H groups in total. The van der Waals surface area contributed by atoms with E-state index in [9.17, 15) is 0 Å². The Kier molecular flexibility index (Phi) is 4.25. The highest BCUT2D eigenvalue weighted by Crippen LogP contribution is 2.23. The molecule has 0 aliphatic heterocycles. The lowest BCUT2D eigenvalue weighted by molar-refractivity contribution is 0.414. The van der Waals surface area contributed by atoms with Gasteiger partial charge in [-0.2, -0.15) is 0 Å². The first kappa shape index (κ1) is 13.0. The third-order valence-electron chi connectivity index (χ3n) is 2.74. The zero-order chi connectivity index (χ0) is 13.0. The van der Waals surface area contributed by atoms with Gasteiger partial charge >= 0.3 is 0 Å². The van der Waals surface area contributed by atoms with Crippen LogP contribution in [-0.4, -0.2) is 21.9 Å². The minimum Gasteiger partial charge on any atom is -0.497 e. The molecule has 0 saturated heterocycles. The van der Waals surface area contributed by atoms with E-state index in [2.05, 4.69) is 23.2 Å². The molecule has 1 heterocycles. The average molecular weight is 263 g/mol. The van der Waals surface area contributed by atoms with Crippen molar-refractivity contribution in [1.82, 2.24) is 14.8 Å². The van der Waals surface area contributed by atoms with E-state index < -0.39 is 0 Å². The first-order chi connectivity index (χ1) is 8.74. The molecular weight excluding hydrogens is 246 g/mol. The summed E-state index contributed by atoms with van der Waals surface area (Å²) in [7, 11) is 3.69. The summed E-state index contributed by atoms with van der Waals surface area (Å²) < 4.78 is 7.26. The van der Waals surface area contributed by atoms with E-state index >= 15 is 0 Å². The van der Waals surface area contributed by atoms with Crippen LogP contribution in [0.2, 0.25) is 0 Å². The molecule has 0 fully saturated rings. The first-order valence-corrected chi connectivity index (χ1v) is 6.87. The molecule has 0 spiro atoms. The normalized spacial score (nSPS) is 10.6. The van der Waals surface area contributed by atoms with E-state index in [1.807, 2.05) is 29.8 Å². The van der Waals surface area contributed by atoms with Gasteiger partial charge in [0.25, 0.3) is 0 Å². The highest BCUT2D eigenvalue weighted by Gasteiger charge is 2.07. The van der Waals surface area contributed by atoms with Crippen molar-refractivity contribution in [2.24, 2.45) is 7.05 Å². The monoisotopic (exact) mass is 263 g/mol. The number of methoxy groups -OCH3 is 1. The van der Waals surface area contributed by atoms with Gasteiger partial charge in [0.15, 0.2) is 5.16 Å². The predicted molar refractivity (Wildman–Crippen MR) is 72.9 cm³/mol. The fourth-order valence-electron chi connectivity index (χ4n) is 1.69. The lowest BCUT2D eigenvalue weighted by Gasteiger charge is -2.04. The van der Waals surface area contributed by atoms with Crippen LogP contribution < -0.4 is 4.74 Å². The molecule has 0 aliphatic carbocycles. The van der Waals surface area contributed by atoms with Gasteiger partial charge in [-0.15, -0.1) is 10.2 Å². The molecule has 2 aromatic rings. The SMILES string of the molecule is CCc1nnc(SCc2cccc(OC)c2)n1C. The van der Waals surface area contributed by atoms with E-state index in [1.165, 1.54) is 5.56 Å². The smallest absolute Gasteiger partial charge is 0.191 e. The van der Waals surface area contributed by atoms with Crippen LogP contribution >= 0.6 is 11.8 Å². The van der Waals surface area contributed by atoms with Gasteiger partial charge in [0.1, 0.15) is 11.6 Å². The highest BCUT2D eigenvalue weighted by molar-refractivity contribution is 7.98. The molecule has 2 rings (SSSR count). The third-order valence-corrected chi connectivity index (χ3v) is 3.83. The van der Waals surface area contributed by atoms with Crippen molar-refractivity contribution in [1.29, 1.82) is 0 Å².